The molecule has 3 aromatic rings. The molecular formula is C35H50Br2P+. The molecule has 38 heavy (non-hydrogen) atoms. The Bertz CT molecular complexity index is 831. The molecule has 0 amide bonds. The van der Waals surface area contributed by atoms with Crippen LogP contribution in [0.4, 0.5) is 0 Å². The standard InChI is InChI=1S/C32H44P.C3H5Br.BrH/c1-2-3-4-5-6-7-8-9-10-11-12-22-29-33(30-23-16-13-17-24-30,31-25-18-14-19-26-31)32-27-20-15-21-28-32;1-2-3-4;/h13-21,23-28H,2-12,22,29H2,1H3;2H,1,3H2;1H/q+1;;. The first-order valence-corrected chi connectivity index (χ1v) is 17.6. The quantitative estimate of drug-likeness (QED) is 0.0585. The van der Waals surface area contributed by atoms with Crippen LogP contribution in [-0.4, -0.2) is 11.5 Å². The minimum atomic E-state index is -1.63. The van der Waals surface area contributed by atoms with E-state index in [9.17, 15) is 0 Å². The SMILES string of the molecule is Br.C=CCBr.CCCCCCCCCCCCCC[P+](c1ccccc1)(c1ccccc1)c1ccccc1. The molecule has 3 rings (SSSR count). The highest BCUT2D eigenvalue weighted by Crippen LogP contribution is 2.56. The lowest BCUT2D eigenvalue weighted by Crippen LogP contribution is -2.33. The van der Waals surface area contributed by atoms with Crippen molar-refractivity contribution in [1.29, 1.82) is 0 Å². The van der Waals surface area contributed by atoms with Crippen LogP contribution in [0.15, 0.2) is 104 Å². The van der Waals surface area contributed by atoms with Crippen LogP contribution in [-0.2, 0) is 0 Å². The highest BCUT2D eigenvalue weighted by Gasteiger charge is 2.44. The van der Waals surface area contributed by atoms with Gasteiger partial charge in [-0.25, -0.2) is 0 Å². The normalized spacial score (nSPS) is 10.7. The molecule has 0 spiro atoms. The van der Waals surface area contributed by atoms with E-state index >= 15 is 0 Å². The second-order valence-electron chi connectivity index (χ2n) is 9.87. The van der Waals surface area contributed by atoms with Crippen LogP contribution in [0.3, 0.4) is 0 Å². The molecule has 0 aliphatic heterocycles. The Kier molecular flexibility index (Phi) is 20.7. The number of halogens is 2. The number of alkyl halides is 1. The van der Waals surface area contributed by atoms with Gasteiger partial charge >= 0.3 is 0 Å². The van der Waals surface area contributed by atoms with E-state index in [2.05, 4.69) is 120 Å². The van der Waals surface area contributed by atoms with E-state index in [1.165, 1.54) is 99.1 Å². The summed E-state index contributed by atoms with van der Waals surface area (Å²) < 4.78 is 0. The number of allylic oxidation sites excluding steroid dienone is 1. The second-order valence-corrected chi connectivity index (χ2v) is 14.1. The van der Waals surface area contributed by atoms with Crippen LogP contribution in [0.5, 0.6) is 0 Å². The fourth-order valence-corrected chi connectivity index (χ4v) is 9.48. The van der Waals surface area contributed by atoms with Gasteiger partial charge in [-0.3, -0.25) is 0 Å². The second kappa shape index (κ2) is 22.6. The predicted octanol–water partition coefficient (Wildman–Crippen LogP) is 10.8. The van der Waals surface area contributed by atoms with Crippen molar-refractivity contribution < 1.29 is 0 Å². The first-order chi connectivity index (χ1) is 18.3. The van der Waals surface area contributed by atoms with Crippen LogP contribution in [0.2, 0.25) is 0 Å². The molecule has 0 radical (unpaired) electrons. The lowest BCUT2D eigenvalue weighted by atomic mass is 10.1. The van der Waals surface area contributed by atoms with Crippen LogP contribution in [0, 0.1) is 0 Å². The van der Waals surface area contributed by atoms with E-state index in [0.717, 1.165) is 5.33 Å². The molecule has 0 fully saturated rings. The van der Waals surface area contributed by atoms with E-state index in [1.807, 2.05) is 0 Å². The van der Waals surface area contributed by atoms with Gasteiger partial charge in [-0.05, 0) is 49.2 Å². The van der Waals surface area contributed by atoms with E-state index in [4.69, 9.17) is 0 Å². The Labute approximate surface area is 254 Å². The van der Waals surface area contributed by atoms with Crippen molar-refractivity contribution in [2.75, 3.05) is 11.5 Å². The van der Waals surface area contributed by atoms with Crippen molar-refractivity contribution >= 4 is 56.1 Å². The van der Waals surface area contributed by atoms with Gasteiger partial charge in [-0.1, -0.05) is 148 Å². The molecule has 0 aromatic heterocycles. The lowest BCUT2D eigenvalue weighted by molar-refractivity contribution is 0.548. The summed E-state index contributed by atoms with van der Waals surface area (Å²) in [6.07, 6.45) is 19.9. The van der Waals surface area contributed by atoms with Gasteiger partial charge < -0.3 is 0 Å². The lowest BCUT2D eigenvalue weighted by Gasteiger charge is -2.27. The van der Waals surface area contributed by atoms with Crippen LogP contribution < -0.4 is 15.9 Å². The molecule has 0 bridgehead atoms. The average molecular weight is 662 g/mol. The number of benzene rings is 3. The van der Waals surface area contributed by atoms with Crippen molar-refractivity contribution in [2.24, 2.45) is 0 Å². The number of hydrogen-bond acceptors (Lipinski definition) is 0. The van der Waals surface area contributed by atoms with Gasteiger partial charge in [0.05, 0.1) is 6.16 Å². The Hall–Kier alpha value is -1.21. The first kappa shape index (κ1) is 34.8. The van der Waals surface area contributed by atoms with Crippen molar-refractivity contribution in [2.45, 2.75) is 84.0 Å². The van der Waals surface area contributed by atoms with Gasteiger partial charge in [0.25, 0.3) is 0 Å². The summed E-state index contributed by atoms with van der Waals surface area (Å²) in [5.74, 6) is 0. The van der Waals surface area contributed by atoms with Gasteiger partial charge in [0, 0.05) is 5.33 Å². The minimum Gasteiger partial charge on any atom is -0.114 e. The maximum absolute atomic E-state index is 3.43. The molecule has 0 saturated carbocycles. The van der Waals surface area contributed by atoms with E-state index in [1.54, 1.807) is 6.08 Å². The van der Waals surface area contributed by atoms with Gasteiger partial charge in [0.15, 0.2) is 0 Å². The van der Waals surface area contributed by atoms with Gasteiger partial charge in [-0.15, -0.1) is 23.6 Å². The molecule has 0 saturated heterocycles. The third-order valence-corrected chi connectivity index (χ3v) is 12.0. The van der Waals surface area contributed by atoms with Crippen molar-refractivity contribution in [3.63, 3.8) is 0 Å². The van der Waals surface area contributed by atoms with Gasteiger partial charge in [-0.2, -0.15) is 0 Å². The molecule has 0 aliphatic carbocycles. The fourth-order valence-electron chi connectivity index (χ4n) is 5.07. The average Bonchev–Trinajstić information content (AvgIpc) is 2.97. The summed E-state index contributed by atoms with van der Waals surface area (Å²) in [5, 5.41) is 5.45. The molecular weight excluding hydrogens is 611 g/mol. The fraction of sp³-hybridized carbons (Fsp3) is 0.429. The zero-order valence-electron chi connectivity index (χ0n) is 23.6. The van der Waals surface area contributed by atoms with Gasteiger partial charge in [0.2, 0.25) is 0 Å². The first-order valence-electron chi connectivity index (χ1n) is 14.5. The molecule has 208 valence electrons. The summed E-state index contributed by atoms with van der Waals surface area (Å²) in [5.41, 5.74) is 0. The number of hydrogen-bond donors (Lipinski definition) is 0. The monoisotopic (exact) mass is 659 g/mol. The molecule has 3 heteroatoms. The summed E-state index contributed by atoms with van der Waals surface area (Å²) in [7, 11) is -1.63. The highest BCUT2D eigenvalue weighted by molar-refractivity contribution is 9.09. The molecule has 0 N–H and O–H groups in total. The largest absolute Gasteiger partial charge is 0.114 e. The zero-order valence-corrected chi connectivity index (χ0v) is 27.8. The van der Waals surface area contributed by atoms with Crippen molar-refractivity contribution in [3.05, 3.63) is 104 Å². The molecule has 0 nitrogen and oxygen atoms in total. The van der Waals surface area contributed by atoms with E-state index in [-0.39, 0.29) is 17.0 Å². The Morgan fingerprint density at radius 3 is 1.13 bits per heavy atom. The topological polar surface area (TPSA) is 0 Å². The summed E-state index contributed by atoms with van der Waals surface area (Å²) in [6.45, 7) is 5.73. The Morgan fingerprint density at radius 1 is 0.553 bits per heavy atom. The highest BCUT2D eigenvalue weighted by atomic mass is 79.9. The third-order valence-electron chi connectivity index (χ3n) is 7.05. The van der Waals surface area contributed by atoms with E-state index < -0.39 is 7.26 Å². The number of rotatable bonds is 17. The Morgan fingerprint density at radius 2 is 0.842 bits per heavy atom. The van der Waals surface area contributed by atoms with Crippen molar-refractivity contribution in [3.8, 4) is 0 Å². The zero-order chi connectivity index (χ0) is 26.4. The summed E-state index contributed by atoms with van der Waals surface area (Å²) in [6, 6.07) is 34.0. The summed E-state index contributed by atoms with van der Waals surface area (Å²) >= 11 is 3.13. The van der Waals surface area contributed by atoms with Crippen LogP contribution in [0.1, 0.15) is 84.0 Å². The van der Waals surface area contributed by atoms with Crippen LogP contribution >= 0.6 is 40.2 Å². The maximum Gasteiger partial charge on any atom is 0.112 e. The van der Waals surface area contributed by atoms with Gasteiger partial charge in [0.1, 0.15) is 23.2 Å². The number of unbranched alkanes of at least 4 members (excludes halogenated alkanes) is 11. The third kappa shape index (κ3) is 12.3. The molecule has 3 aromatic carbocycles. The molecule has 0 unspecified atom stereocenters. The molecule has 0 atom stereocenters. The molecule has 0 aliphatic rings. The van der Waals surface area contributed by atoms with E-state index in [0.29, 0.717) is 0 Å². The Balaban J connectivity index is 0.00000135. The van der Waals surface area contributed by atoms with Crippen LogP contribution in [0.25, 0.3) is 0 Å². The molecule has 0 heterocycles. The minimum absolute atomic E-state index is 0. The maximum atomic E-state index is 3.43. The summed E-state index contributed by atoms with van der Waals surface area (Å²) in [4.78, 5) is 0. The predicted molar refractivity (Wildman–Crippen MR) is 185 cm³/mol. The smallest absolute Gasteiger partial charge is 0.112 e. The van der Waals surface area contributed by atoms with Crippen molar-refractivity contribution in [1.82, 2.24) is 0 Å².